The van der Waals surface area contributed by atoms with Crippen molar-refractivity contribution in [3.63, 3.8) is 0 Å². The van der Waals surface area contributed by atoms with Gasteiger partial charge in [-0.3, -0.25) is 4.79 Å². The van der Waals surface area contributed by atoms with Gasteiger partial charge in [-0.25, -0.2) is 4.39 Å². The average Bonchev–Trinajstić information content (AvgIpc) is 2.31. The molecule has 0 spiro atoms. The van der Waals surface area contributed by atoms with Gasteiger partial charge >= 0.3 is 0 Å². The predicted molar refractivity (Wildman–Crippen MR) is 74.7 cm³/mol. The van der Waals surface area contributed by atoms with Crippen LogP contribution in [0.3, 0.4) is 0 Å². The van der Waals surface area contributed by atoms with E-state index in [-0.39, 0.29) is 11.6 Å². The van der Waals surface area contributed by atoms with E-state index in [4.69, 9.17) is 0 Å². The molecule has 0 saturated heterocycles. The summed E-state index contributed by atoms with van der Waals surface area (Å²) in [6.45, 7) is 1.43. The molecule has 1 nitrogen and oxygen atoms in total. The molecule has 0 aliphatic heterocycles. The molecule has 92 valence electrons. The van der Waals surface area contributed by atoms with E-state index in [1.54, 1.807) is 12.1 Å². The number of halogens is 2. The lowest BCUT2D eigenvalue weighted by molar-refractivity contribution is 0.101. The van der Waals surface area contributed by atoms with Gasteiger partial charge in [0.15, 0.2) is 5.78 Å². The van der Waals surface area contributed by atoms with Gasteiger partial charge in [0.1, 0.15) is 5.82 Å². The molecule has 0 N–H and O–H groups in total. The Balaban J connectivity index is 2.27. The number of hydrogen-bond acceptors (Lipinski definition) is 2. The number of Topliss-reactive ketones (excluding diaryl/α,β-unsaturated/α-hetero) is 1. The lowest BCUT2D eigenvalue weighted by atomic mass is 10.1. The largest absolute Gasteiger partial charge is 0.295 e. The smallest absolute Gasteiger partial charge is 0.159 e. The molecule has 2 aromatic carbocycles. The molecule has 0 heterocycles. The maximum absolute atomic E-state index is 13.8. The minimum Gasteiger partial charge on any atom is -0.295 e. The topological polar surface area (TPSA) is 17.1 Å². The number of ketones is 1. The fourth-order valence-electron chi connectivity index (χ4n) is 1.46. The molecule has 0 aliphatic rings. The molecular weight excluding hydrogens is 315 g/mol. The van der Waals surface area contributed by atoms with Crippen molar-refractivity contribution < 1.29 is 9.18 Å². The summed E-state index contributed by atoms with van der Waals surface area (Å²) in [5.41, 5.74) is 0.395. The van der Waals surface area contributed by atoms with E-state index in [1.165, 1.54) is 24.8 Å². The highest BCUT2D eigenvalue weighted by Crippen LogP contribution is 2.31. The summed E-state index contributed by atoms with van der Waals surface area (Å²) in [4.78, 5) is 12.6. The summed E-state index contributed by atoms with van der Waals surface area (Å²) in [7, 11) is 0. The fraction of sp³-hybridized carbons (Fsp3) is 0.0714. The molecule has 0 saturated carbocycles. The average molecular weight is 325 g/mol. The molecule has 0 aliphatic carbocycles. The van der Waals surface area contributed by atoms with Gasteiger partial charge in [0.2, 0.25) is 0 Å². The summed E-state index contributed by atoms with van der Waals surface area (Å²) in [5, 5.41) is 0. The second kappa shape index (κ2) is 5.67. The van der Waals surface area contributed by atoms with Crippen LogP contribution >= 0.6 is 27.7 Å². The zero-order valence-corrected chi connectivity index (χ0v) is 12.0. The van der Waals surface area contributed by atoms with Gasteiger partial charge in [-0.15, -0.1) is 0 Å². The van der Waals surface area contributed by atoms with Crippen LogP contribution in [0.25, 0.3) is 0 Å². The van der Waals surface area contributed by atoms with Crippen molar-refractivity contribution in [3.8, 4) is 0 Å². The normalized spacial score (nSPS) is 10.4. The molecule has 0 aromatic heterocycles. The van der Waals surface area contributed by atoms with E-state index in [1.807, 2.05) is 24.3 Å². The SMILES string of the molecule is CC(=O)c1ccc(Sc2cccc(Br)c2)c(F)c1. The van der Waals surface area contributed by atoms with Gasteiger partial charge in [-0.2, -0.15) is 0 Å². The van der Waals surface area contributed by atoms with Crippen LogP contribution in [0.5, 0.6) is 0 Å². The molecule has 4 heteroatoms. The summed E-state index contributed by atoms with van der Waals surface area (Å²) >= 11 is 4.71. The number of hydrogen-bond donors (Lipinski definition) is 0. The van der Waals surface area contributed by atoms with Crippen molar-refractivity contribution in [1.82, 2.24) is 0 Å². The summed E-state index contributed by atoms with van der Waals surface area (Å²) in [5.74, 6) is -0.499. The third kappa shape index (κ3) is 3.21. The van der Waals surface area contributed by atoms with E-state index in [0.29, 0.717) is 10.5 Å². The molecule has 0 bridgehead atoms. The minimum atomic E-state index is -0.368. The van der Waals surface area contributed by atoms with Crippen LogP contribution in [0.15, 0.2) is 56.7 Å². The Morgan fingerprint density at radius 2 is 2.00 bits per heavy atom. The van der Waals surface area contributed by atoms with Crippen LogP contribution < -0.4 is 0 Å². The van der Waals surface area contributed by atoms with Crippen LogP contribution in [-0.4, -0.2) is 5.78 Å². The van der Waals surface area contributed by atoms with Crippen molar-refractivity contribution in [1.29, 1.82) is 0 Å². The Kier molecular flexibility index (Phi) is 4.19. The molecule has 0 radical (unpaired) electrons. The Morgan fingerprint density at radius 3 is 2.61 bits per heavy atom. The van der Waals surface area contributed by atoms with Crippen molar-refractivity contribution in [2.24, 2.45) is 0 Å². The Bertz CT molecular complexity index is 598. The quantitative estimate of drug-likeness (QED) is 0.744. The maximum atomic E-state index is 13.8. The first-order valence-electron chi connectivity index (χ1n) is 5.30. The molecule has 2 aromatic rings. The standard InChI is InChI=1S/C14H10BrFOS/c1-9(17)10-5-6-14(13(16)7-10)18-12-4-2-3-11(15)8-12/h2-8H,1H3. The Morgan fingerprint density at radius 1 is 1.22 bits per heavy atom. The van der Waals surface area contributed by atoms with Gasteiger partial charge in [-0.1, -0.05) is 39.8 Å². The summed E-state index contributed by atoms with van der Waals surface area (Å²) in [6, 6.07) is 12.2. The highest BCUT2D eigenvalue weighted by molar-refractivity contribution is 9.10. The van der Waals surface area contributed by atoms with Gasteiger partial charge in [0.05, 0.1) is 0 Å². The summed E-state index contributed by atoms with van der Waals surface area (Å²) in [6.07, 6.45) is 0. The van der Waals surface area contributed by atoms with Crippen LogP contribution in [0.2, 0.25) is 0 Å². The van der Waals surface area contributed by atoms with Gasteiger partial charge in [0, 0.05) is 19.8 Å². The van der Waals surface area contributed by atoms with Crippen LogP contribution in [0, 0.1) is 5.82 Å². The molecule has 0 atom stereocenters. The Labute approximate surface area is 118 Å². The number of carbonyl (C=O) groups is 1. The van der Waals surface area contributed by atoms with Crippen molar-refractivity contribution in [3.05, 3.63) is 58.3 Å². The van der Waals surface area contributed by atoms with Crippen molar-refractivity contribution in [2.45, 2.75) is 16.7 Å². The van der Waals surface area contributed by atoms with Crippen LogP contribution in [0.1, 0.15) is 17.3 Å². The third-order valence-corrected chi connectivity index (χ3v) is 3.90. The van der Waals surface area contributed by atoms with Crippen LogP contribution in [-0.2, 0) is 0 Å². The van der Waals surface area contributed by atoms with Gasteiger partial charge in [0.25, 0.3) is 0 Å². The van der Waals surface area contributed by atoms with E-state index in [2.05, 4.69) is 15.9 Å². The number of benzene rings is 2. The van der Waals surface area contributed by atoms with E-state index < -0.39 is 0 Å². The first-order chi connectivity index (χ1) is 8.56. The summed E-state index contributed by atoms with van der Waals surface area (Å²) < 4.78 is 14.8. The highest BCUT2D eigenvalue weighted by atomic mass is 79.9. The molecule has 0 amide bonds. The first-order valence-corrected chi connectivity index (χ1v) is 6.91. The van der Waals surface area contributed by atoms with Gasteiger partial charge in [-0.05, 0) is 37.3 Å². The molecule has 18 heavy (non-hydrogen) atoms. The second-order valence-electron chi connectivity index (χ2n) is 3.76. The predicted octanol–water partition coefficient (Wildman–Crippen LogP) is 4.94. The van der Waals surface area contributed by atoms with E-state index in [9.17, 15) is 9.18 Å². The monoisotopic (exact) mass is 324 g/mol. The number of carbonyl (C=O) groups excluding carboxylic acids is 1. The molecule has 0 unspecified atom stereocenters. The lowest BCUT2D eigenvalue weighted by Crippen LogP contribution is -1.93. The fourth-order valence-corrected chi connectivity index (χ4v) is 2.89. The third-order valence-electron chi connectivity index (χ3n) is 2.36. The zero-order valence-electron chi connectivity index (χ0n) is 9.61. The van der Waals surface area contributed by atoms with E-state index >= 15 is 0 Å². The molecular formula is C14H10BrFOS. The van der Waals surface area contributed by atoms with E-state index in [0.717, 1.165) is 9.37 Å². The Hall–Kier alpha value is -1.13. The molecule has 0 fully saturated rings. The van der Waals surface area contributed by atoms with Crippen molar-refractivity contribution >= 4 is 33.5 Å². The molecule has 2 rings (SSSR count). The number of rotatable bonds is 3. The lowest BCUT2D eigenvalue weighted by Gasteiger charge is -2.05. The first kappa shape index (κ1) is 13.3. The van der Waals surface area contributed by atoms with Gasteiger partial charge < -0.3 is 0 Å². The second-order valence-corrected chi connectivity index (χ2v) is 5.79. The van der Waals surface area contributed by atoms with Crippen LogP contribution in [0.4, 0.5) is 4.39 Å². The maximum Gasteiger partial charge on any atom is 0.159 e. The minimum absolute atomic E-state index is 0.132. The van der Waals surface area contributed by atoms with Crippen molar-refractivity contribution in [2.75, 3.05) is 0 Å². The highest BCUT2D eigenvalue weighted by Gasteiger charge is 2.08. The zero-order chi connectivity index (χ0) is 13.1.